The summed E-state index contributed by atoms with van der Waals surface area (Å²) in [7, 11) is 0. The van der Waals surface area contributed by atoms with Crippen LogP contribution in [-0.2, 0) is 11.2 Å². The molecule has 0 saturated heterocycles. The second kappa shape index (κ2) is 4.77. The van der Waals surface area contributed by atoms with Crippen LogP contribution >= 0.6 is 11.3 Å². The summed E-state index contributed by atoms with van der Waals surface area (Å²) in [5, 5.41) is 2.72. The lowest BCUT2D eigenvalue weighted by Crippen LogP contribution is -2.24. The number of rotatable bonds is 4. The average Bonchev–Trinajstić information content (AvgIpc) is 2.48. The third-order valence-corrected chi connectivity index (χ3v) is 2.54. The number of carbonyl (C=O) groups excluding carboxylic acids is 1. The second-order valence-corrected chi connectivity index (χ2v) is 3.57. The summed E-state index contributed by atoms with van der Waals surface area (Å²) < 4.78 is 0. The Bertz CT molecular complexity index is 306. The molecule has 70 valence electrons. The summed E-state index contributed by atoms with van der Waals surface area (Å²) in [6, 6.07) is 0. The van der Waals surface area contributed by atoms with Crippen molar-refractivity contribution < 1.29 is 4.79 Å². The second-order valence-electron chi connectivity index (χ2n) is 2.63. The van der Waals surface area contributed by atoms with E-state index in [1.54, 1.807) is 11.6 Å². The number of nitrogens with zero attached hydrogens (tertiary/aromatic N) is 1. The Morgan fingerprint density at radius 3 is 3.15 bits per heavy atom. The SMILES string of the molecule is C=CCNC(=O)Cc1scnc1C. The van der Waals surface area contributed by atoms with Gasteiger partial charge in [0.1, 0.15) is 0 Å². The molecule has 3 nitrogen and oxygen atoms in total. The maximum Gasteiger partial charge on any atom is 0.225 e. The summed E-state index contributed by atoms with van der Waals surface area (Å²) in [6.45, 7) is 5.96. The van der Waals surface area contributed by atoms with Crippen LogP contribution in [0.3, 0.4) is 0 Å². The predicted molar refractivity (Wildman–Crippen MR) is 53.8 cm³/mol. The molecule has 0 aliphatic heterocycles. The van der Waals surface area contributed by atoms with Crippen LogP contribution in [-0.4, -0.2) is 17.4 Å². The van der Waals surface area contributed by atoms with Crippen molar-refractivity contribution in [3.63, 3.8) is 0 Å². The standard InChI is InChI=1S/C9H12N2OS/c1-3-4-10-9(12)5-8-7(2)11-6-13-8/h3,6H,1,4-5H2,2H3,(H,10,12). The van der Waals surface area contributed by atoms with Crippen LogP contribution in [0.2, 0.25) is 0 Å². The molecule has 0 bridgehead atoms. The number of amides is 1. The highest BCUT2D eigenvalue weighted by molar-refractivity contribution is 7.09. The Morgan fingerprint density at radius 1 is 1.85 bits per heavy atom. The first-order valence-corrected chi connectivity index (χ1v) is 4.88. The van der Waals surface area contributed by atoms with Crippen molar-refractivity contribution in [1.82, 2.24) is 10.3 Å². The van der Waals surface area contributed by atoms with E-state index in [2.05, 4.69) is 16.9 Å². The molecule has 1 aromatic heterocycles. The Morgan fingerprint density at radius 2 is 2.62 bits per heavy atom. The Hall–Kier alpha value is -1.16. The fraction of sp³-hybridized carbons (Fsp3) is 0.333. The van der Waals surface area contributed by atoms with Crippen LogP contribution in [0.15, 0.2) is 18.2 Å². The molecule has 0 aromatic carbocycles. The van der Waals surface area contributed by atoms with Gasteiger partial charge in [0, 0.05) is 11.4 Å². The smallest absolute Gasteiger partial charge is 0.225 e. The van der Waals surface area contributed by atoms with Gasteiger partial charge < -0.3 is 5.32 Å². The number of nitrogens with one attached hydrogen (secondary N) is 1. The van der Waals surface area contributed by atoms with Crippen molar-refractivity contribution in [1.29, 1.82) is 0 Å². The van der Waals surface area contributed by atoms with E-state index >= 15 is 0 Å². The van der Waals surface area contributed by atoms with E-state index in [1.807, 2.05) is 6.92 Å². The van der Waals surface area contributed by atoms with Gasteiger partial charge in [-0.3, -0.25) is 4.79 Å². The van der Waals surface area contributed by atoms with Crippen molar-refractivity contribution in [2.24, 2.45) is 0 Å². The number of hydrogen-bond acceptors (Lipinski definition) is 3. The zero-order chi connectivity index (χ0) is 9.68. The normalized spacial score (nSPS) is 9.62. The minimum Gasteiger partial charge on any atom is -0.352 e. The number of aromatic nitrogens is 1. The highest BCUT2D eigenvalue weighted by Gasteiger charge is 2.06. The Kier molecular flexibility index (Phi) is 3.64. The number of thiazole rings is 1. The van der Waals surface area contributed by atoms with Gasteiger partial charge in [-0.05, 0) is 6.92 Å². The molecule has 0 unspecified atom stereocenters. The molecule has 0 aliphatic carbocycles. The molecule has 1 rings (SSSR count). The summed E-state index contributed by atoms with van der Waals surface area (Å²) in [5.74, 6) is 0.0206. The molecule has 0 fully saturated rings. The van der Waals surface area contributed by atoms with E-state index in [4.69, 9.17) is 0 Å². The van der Waals surface area contributed by atoms with Gasteiger partial charge in [-0.1, -0.05) is 6.08 Å². The molecule has 4 heteroatoms. The maximum atomic E-state index is 11.2. The maximum absolute atomic E-state index is 11.2. The first-order valence-electron chi connectivity index (χ1n) is 4.00. The van der Waals surface area contributed by atoms with Crippen molar-refractivity contribution >= 4 is 17.2 Å². The topological polar surface area (TPSA) is 42.0 Å². The van der Waals surface area contributed by atoms with Crippen LogP contribution in [0.25, 0.3) is 0 Å². The summed E-state index contributed by atoms with van der Waals surface area (Å²) >= 11 is 1.51. The molecule has 0 spiro atoms. The molecule has 1 N–H and O–H groups in total. The quantitative estimate of drug-likeness (QED) is 0.737. The third-order valence-electron chi connectivity index (χ3n) is 1.61. The van der Waals surface area contributed by atoms with Crippen LogP contribution in [0.5, 0.6) is 0 Å². The number of hydrogen-bond donors (Lipinski definition) is 1. The minimum atomic E-state index is 0.0206. The van der Waals surface area contributed by atoms with Crippen molar-refractivity contribution in [3.05, 3.63) is 28.7 Å². The van der Waals surface area contributed by atoms with Crippen LogP contribution in [0.1, 0.15) is 10.6 Å². The molecule has 13 heavy (non-hydrogen) atoms. The Balaban J connectivity index is 2.45. The number of aryl methyl sites for hydroxylation is 1. The molecule has 0 saturated carbocycles. The lowest BCUT2D eigenvalue weighted by Gasteiger charge is -2.00. The molecule has 0 atom stereocenters. The van der Waals surface area contributed by atoms with Gasteiger partial charge in [0.25, 0.3) is 0 Å². The number of carbonyl (C=O) groups is 1. The van der Waals surface area contributed by atoms with Gasteiger partial charge in [-0.25, -0.2) is 4.98 Å². The van der Waals surface area contributed by atoms with E-state index in [0.29, 0.717) is 13.0 Å². The van der Waals surface area contributed by atoms with Gasteiger partial charge in [-0.2, -0.15) is 0 Å². The first kappa shape index (κ1) is 9.92. The lowest BCUT2D eigenvalue weighted by atomic mass is 10.3. The van der Waals surface area contributed by atoms with Crippen molar-refractivity contribution in [2.75, 3.05) is 6.54 Å². The molecular weight excluding hydrogens is 184 g/mol. The fourth-order valence-corrected chi connectivity index (χ4v) is 1.67. The van der Waals surface area contributed by atoms with Gasteiger partial charge in [0.15, 0.2) is 0 Å². The van der Waals surface area contributed by atoms with Gasteiger partial charge >= 0.3 is 0 Å². The van der Waals surface area contributed by atoms with E-state index in [0.717, 1.165) is 10.6 Å². The highest BCUT2D eigenvalue weighted by Crippen LogP contribution is 2.12. The minimum absolute atomic E-state index is 0.0206. The molecule has 1 aromatic rings. The largest absolute Gasteiger partial charge is 0.352 e. The fourth-order valence-electron chi connectivity index (χ4n) is 0.890. The molecule has 0 radical (unpaired) electrons. The molecular formula is C9H12N2OS. The zero-order valence-electron chi connectivity index (χ0n) is 7.54. The first-order chi connectivity index (χ1) is 6.24. The van der Waals surface area contributed by atoms with Gasteiger partial charge in [0.2, 0.25) is 5.91 Å². The van der Waals surface area contributed by atoms with E-state index in [-0.39, 0.29) is 5.91 Å². The molecule has 0 aliphatic rings. The van der Waals surface area contributed by atoms with Gasteiger partial charge in [-0.15, -0.1) is 17.9 Å². The van der Waals surface area contributed by atoms with Crippen molar-refractivity contribution in [2.45, 2.75) is 13.3 Å². The van der Waals surface area contributed by atoms with Crippen LogP contribution in [0, 0.1) is 6.92 Å². The third kappa shape index (κ3) is 2.99. The summed E-state index contributed by atoms with van der Waals surface area (Å²) in [5.41, 5.74) is 2.70. The van der Waals surface area contributed by atoms with Crippen LogP contribution < -0.4 is 5.32 Å². The van der Waals surface area contributed by atoms with E-state index in [1.165, 1.54) is 11.3 Å². The molecule has 1 heterocycles. The Labute approximate surface area is 81.5 Å². The predicted octanol–water partition coefficient (Wildman–Crippen LogP) is 1.30. The van der Waals surface area contributed by atoms with E-state index < -0.39 is 0 Å². The monoisotopic (exact) mass is 196 g/mol. The summed E-state index contributed by atoms with van der Waals surface area (Å²) in [4.78, 5) is 16.3. The summed E-state index contributed by atoms with van der Waals surface area (Å²) in [6.07, 6.45) is 2.09. The highest BCUT2D eigenvalue weighted by atomic mass is 32.1. The van der Waals surface area contributed by atoms with Crippen LogP contribution in [0.4, 0.5) is 0 Å². The zero-order valence-corrected chi connectivity index (χ0v) is 8.36. The van der Waals surface area contributed by atoms with Gasteiger partial charge in [0.05, 0.1) is 17.6 Å². The van der Waals surface area contributed by atoms with E-state index in [9.17, 15) is 4.79 Å². The average molecular weight is 196 g/mol. The lowest BCUT2D eigenvalue weighted by molar-refractivity contribution is -0.120. The molecule has 1 amide bonds. The van der Waals surface area contributed by atoms with Crippen molar-refractivity contribution in [3.8, 4) is 0 Å².